The Morgan fingerprint density at radius 1 is 1.02 bits per heavy atom. The van der Waals surface area contributed by atoms with Gasteiger partial charge in [-0.2, -0.15) is 11.3 Å². The van der Waals surface area contributed by atoms with Gasteiger partial charge in [0, 0.05) is 69.1 Å². The van der Waals surface area contributed by atoms with Crippen molar-refractivity contribution >= 4 is 69.5 Å². The summed E-state index contributed by atoms with van der Waals surface area (Å²) in [6.07, 6.45) is 4.35. The standard InChI is InChI=1S/C46H55FN8O10S/c1-3-20-64-39(56)23-36(30-12-21-66-28-30)52-43(61)46(13-6-14-46)42(60)51-32(7-5-15-49-44(48)62)25-50-31-10-8-29(9-11-31)27-65-45(63)55-18-16-54(17-19-55)38-24-37-33(22-35(38)47)40(57)34(41(58)59)26-53(37)4-2/h3,8-12,21-22,24,26,28,32,36,50H,1,4-7,13-20,23,25,27H2,2H3,(H,51,60)(H,52,61)(H,58,59)(H3,48,49,62)/t32-,36-/m1/s1. The highest BCUT2D eigenvalue weighted by molar-refractivity contribution is 7.08. The molecule has 2 fully saturated rings. The van der Waals surface area contributed by atoms with Crippen molar-refractivity contribution in [3.05, 3.63) is 105 Å². The number of carbonyl (C=O) groups is 6. The van der Waals surface area contributed by atoms with Crippen molar-refractivity contribution < 1.29 is 47.7 Å². The number of aromatic carboxylic acids is 1. The number of thiophene rings is 1. The second kappa shape index (κ2) is 22.3. The lowest BCUT2D eigenvalue weighted by Crippen LogP contribution is -2.58. The molecule has 1 aliphatic heterocycles. The van der Waals surface area contributed by atoms with Crippen LogP contribution in [0.15, 0.2) is 76.9 Å². The van der Waals surface area contributed by atoms with Crippen LogP contribution in [0.4, 0.5) is 25.4 Å². The van der Waals surface area contributed by atoms with Crippen LogP contribution in [0.5, 0.6) is 0 Å². The number of amides is 5. The third-order valence-corrected chi connectivity index (χ3v) is 12.6. The van der Waals surface area contributed by atoms with E-state index in [9.17, 15) is 38.7 Å². The van der Waals surface area contributed by atoms with Crippen molar-refractivity contribution in [2.24, 2.45) is 11.1 Å². The maximum absolute atomic E-state index is 15.4. The Morgan fingerprint density at radius 3 is 2.36 bits per heavy atom. The zero-order valence-corrected chi connectivity index (χ0v) is 37.5. The summed E-state index contributed by atoms with van der Waals surface area (Å²) < 4.78 is 27.7. The van der Waals surface area contributed by atoms with E-state index in [2.05, 4.69) is 27.8 Å². The third-order valence-electron chi connectivity index (χ3n) is 11.9. The number of carbonyl (C=O) groups excluding carboxylic acids is 5. The van der Waals surface area contributed by atoms with Crippen molar-refractivity contribution in [2.45, 2.75) is 70.7 Å². The maximum Gasteiger partial charge on any atom is 0.410 e. The van der Waals surface area contributed by atoms with E-state index in [1.165, 1.54) is 28.5 Å². The van der Waals surface area contributed by atoms with Crippen LogP contribution in [0.3, 0.4) is 0 Å². The molecule has 66 heavy (non-hydrogen) atoms. The van der Waals surface area contributed by atoms with Crippen LogP contribution in [0.25, 0.3) is 10.9 Å². The summed E-state index contributed by atoms with van der Waals surface area (Å²) in [5, 5.41) is 25.0. The molecule has 2 aromatic carbocycles. The second-order valence-corrected chi connectivity index (χ2v) is 17.0. The van der Waals surface area contributed by atoms with Gasteiger partial charge in [0.25, 0.3) is 0 Å². The monoisotopic (exact) mass is 930 g/mol. The summed E-state index contributed by atoms with van der Waals surface area (Å²) >= 11 is 1.42. The molecule has 352 valence electrons. The molecule has 1 aliphatic carbocycles. The number of primary amides is 1. The van der Waals surface area contributed by atoms with Crippen molar-refractivity contribution in [1.29, 1.82) is 0 Å². The molecule has 5 amide bonds. The maximum atomic E-state index is 15.4. The molecule has 0 bridgehead atoms. The minimum Gasteiger partial charge on any atom is -0.477 e. The number of urea groups is 1. The molecule has 2 atom stereocenters. The zero-order valence-electron chi connectivity index (χ0n) is 36.6. The fourth-order valence-electron chi connectivity index (χ4n) is 7.98. The van der Waals surface area contributed by atoms with E-state index in [1.54, 1.807) is 46.7 Å². The number of aromatic nitrogens is 1. The number of benzene rings is 2. The molecule has 6 rings (SSSR count). The molecule has 3 heterocycles. The summed E-state index contributed by atoms with van der Waals surface area (Å²) in [5.41, 5.74) is 5.55. The molecule has 0 unspecified atom stereocenters. The summed E-state index contributed by atoms with van der Waals surface area (Å²) in [4.78, 5) is 92.4. The first-order chi connectivity index (χ1) is 31.7. The van der Waals surface area contributed by atoms with E-state index in [-0.39, 0.29) is 56.9 Å². The van der Waals surface area contributed by atoms with Crippen molar-refractivity contribution in [3.8, 4) is 0 Å². The first-order valence-corrected chi connectivity index (χ1v) is 22.7. The van der Waals surface area contributed by atoms with Gasteiger partial charge in [-0.05, 0) is 84.8 Å². The van der Waals surface area contributed by atoms with Gasteiger partial charge >= 0.3 is 24.1 Å². The number of anilines is 2. The Balaban J connectivity index is 1.01. The summed E-state index contributed by atoms with van der Waals surface area (Å²) in [6, 6.07) is 9.81. The van der Waals surface area contributed by atoms with E-state index in [1.807, 2.05) is 16.8 Å². The number of pyridine rings is 1. The van der Waals surface area contributed by atoms with Crippen LogP contribution in [0.2, 0.25) is 0 Å². The molecular weight excluding hydrogens is 876 g/mol. The van der Waals surface area contributed by atoms with Crippen LogP contribution >= 0.6 is 11.3 Å². The number of carboxylic acid groups (broad SMARTS) is 1. The summed E-state index contributed by atoms with van der Waals surface area (Å²) in [6.45, 7) is 7.40. The number of fused-ring (bicyclic) bond motifs is 1. The van der Waals surface area contributed by atoms with Crippen molar-refractivity contribution in [3.63, 3.8) is 0 Å². The van der Waals surface area contributed by atoms with Gasteiger partial charge in [-0.1, -0.05) is 31.2 Å². The minimum atomic E-state index is -1.38. The molecular formula is C46H55FN8O10S. The fraction of sp³-hybridized carbons (Fsp3) is 0.413. The highest BCUT2D eigenvalue weighted by Crippen LogP contribution is 2.42. The van der Waals surface area contributed by atoms with Crippen LogP contribution in [0, 0.1) is 11.2 Å². The smallest absolute Gasteiger partial charge is 0.410 e. The van der Waals surface area contributed by atoms with Crippen molar-refractivity contribution in [1.82, 2.24) is 25.4 Å². The molecule has 1 saturated heterocycles. The van der Waals surface area contributed by atoms with Crippen LogP contribution in [0.1, 0.15) is 73.0 Å². The highest BCUT2D eigenvalue weighted by Gasteiger charge is 2.51. The number of halogens is 1. The number of esters is 1. The predicted molar refractivity (Wildman–Crippen MR) is 246 cm³/mol. The first kappa shape index (κ1) is 48.5. The van der Waals surface area contributed by atoms with E-state index in [0.717, 1.165) is 11.6 Å². The van der Waals surface area contributed by atoms with E-state index < -0.39 is 70.2 Å². The lowest BCUT2D eigenvalue weighted by atomic mass is 9.67. The third kappa shape index (κ3) is 11.8. The zero-order chi connectivity index (χ0) is 47.4. The number of aryl methyl sites for hydroxylation is 1. The Labute approximate surface area is 384 Å². The van der Waals surface area contributed by atoms with Gasteiger partial charge < -0.3 is 55.9 Å². The lowest BCUT2D eigenvalue weighted by molar-refractivity contribution is -0.150. The molecule has 20 heteroatoms. The SMILES string of the molecule is C=CCOC(=O)C[C@@H](NC(=O)C1(C(=O)N[C@H](CCCNC(N)=O)CNc2ccc(COC(=O)N3CCN(c4cc5c(cc4F)c(=O)c(C(=O)O)cn5CC)CC3)cc2)CCC1)c1ccsc1. The Kier molecular flexibility index (Phi) is 16.4. The first-order valence-electron chi connectivity index (χ1n) is 21.8. The number of nitrogens with two attached hydrogens (primary N) is 1. The van der Waals surface area contributed by atoms with Gasteiger partial charge in [-0.3, -0.25) is 19.2 Å². The number of hydrogen-bond acceptors (Lipinski definition) is 12. The van der Waals surface area contributed by atoms with Gasteiger partial charge in [-0.25, -0.2) is 18.8 Å². The molecule has 18 nitrogen and oxygen atoms in total. The normalized spacial score (nSPS) is 15.1. The Hall–Kier alpha value is -6.96. The molecule has 4 aromatic rings. The molecule has 1 saturated carbocycles. The number of nitrogens with zero attached hydrogens (tertiary/aromatic N) is 3. The van der Waals surface area contributed by atoms with Crippen LogP contribution < -0.4 is 37.3 Å². The predicted octanol–water partition coefficient (Wildman–Crippen LogP) is 4.87. The largest absolute Gasteiger partial charge is 0.477 e. The van der Waals surface area contributed by atoms with Crippen molar-refractivity contribution in [2.75, 3.05) is 56.1 Å². The molecule has 0 spiro atoms. The van der Waals surface area contributed by atoms with Gasteiger partial charge in [-0.15, -0.1) is 0 Å². The van der Waals surface area contributed by atoms with E-state index in [0.29, 0.717) is 68.5 Å². The second-order valence-electron chi connectivity index (χ2n) is 16.2. The highest BCUT2D eigenvalue weighted by atomic mass is 32.1. The average molecular weight is 931 g/mol. The Bertz CT molecular complexity index is 2470. The number of rotatable bonds is 21. The average Bonchev–Trinajstić information content (AvgIpc) is 3.83. The van der Waals surface area contributed by atoms with Crippen LogP contribution in [-0.2, 0) is 37.0 Å². The number of ether oxygens (including phenoxy) is 2. The Morgan fingerprint density at radius 2 is 1.74 bits per heavy atom. The topological polar surface area (TPSA) is 244 Å². The van der Waals surface area contributed by atoms with E-state index in [4.69, 9.17) is 15.2 Å². The van der Waals surface area contributed by atoms with Gasteiger partial charge in [0.2, 0.25) is 17.2 Å². The minimum absolute atomic E-state index is 0.00945. The molecule has 2 aromatic heterocycles. The summed E-state index contributed by atoms with van der Waals surface area (Å²) in [5.74, 6) is -3.46. The number of carboxylic acids is 1. The van der Waals surface area contributed by atoms with Gasteiger partial charge in [0.1, 0.15) is 30.0 Å². The molecule has 2 aliphatic rings. The number of hydrogen-bond donors (Lipinski definition) is 6. The number of piperazine rings is 1. The van der Waals surface area contributed by atoms with Gasteiger partial charge in [0.15, 0.2) is 0 Å². The lowest BCUT2D eigenvalue weighted by Gasteiger charge is -2.40. The van der Waals surface area contributed by atoms with Gasteiger partial charge in [0.05, 0.1) is 23.7 Å². The fourth-order valence-corrected chi connectivity index (χ4v) is 8.69. The molecule has 0 radical (unpaired) electrons. The van der Waals surface area contributed by atoms with Crippen LogP contribution in [-0.4, -0.2) is 102 Å². The van der Waals surface area contributed by atoms with E-state index >= 15 is 4.39 Å². The number of nitrogens with one attached hydrogen (secondary N) is 4. The quantitative estimate of drug-likeness (QED) is 0.0284. The molecule has 7 N–H and O–H groups in total. The summed E-state index contributed by atoms with van der Waals surface area (Å²) in [7, 11) is 0.